The highest BCUT2D eigenvalue weighted by molar-refractivity contribution is 7.16. The Bertz CT molecular complexity index is 1100. The lowest BCUT2D eigenvalue weighted by atomic mass is 10.2. The van der Waals surface area contributed by atoms with Crippen LogP contribution in [0.5, 0.6) is 5.75 Å². The van der Waals surface area contributed by atoms with Gasteiger partial charge in [-0.3, -0.25) is 4.79 Å². The molecule has 0 aliphatic heterocycles. The van der Waals surface area contributed by atoms with Crippen LogP contribution in [0.3, 0.4) is 0 Å². The van der Waals surface area contributed by atoms with Crippen LogP contribution in [-0.2, 0) is 11.8 Å². The first-order chi connectivity index (χ1) is 14.0. The van der Waals surface area contributed by atoms with Crippen molar-refractivity contribution in [1.29, 1.82) is 0 Å². The Kier molecular flexibility index (Phi) is 6.82. The fourth-order valence-electron chi connectivity index (χ4n) is 2.79. The molecule has 0 aliphatic carbocycles. The second-order valence-corrected chi connectivity index (χ2v) is 7.50. The SMILES string of the molecule is CCCCOc1cccc(C(=O)N=c2sc3cc(C(=O)OCC)ccc3n2C)c1. The molecule has 1 heterocycles. The average molecular weight is 413 g/mol. The quantitative estimate of drug-likeness (QED) is 0.428. The van der Waals surface area contributed by atoms with E-state index in [9.17, 15) is 9.59 Å². The molecule has 0 bridgehead atoms. The molecule has 0 aliphatic rings. The van der Waals surface area contributed by atoms with Crippen LogP contribution >= 0.6 is 11.3 Å². The number of unbranched alkanes of at least 4 members (excludes halogenated alkanes) is 1. The molecular weight excluding hydrogens is 388 g/mol. The summed E-state index contributed by atoms with van der Waals surface area (Å²) in [6.45, 7) is 4.82. The zero-order chi connectivity index (χ0) is 20.8. The standard InChI is InChI=1S/C22H24N2O4S/c1-4-6-12-28-17-9-7-8-15(13-17)20(25)23-22-24(3)18-11-10-16(14-19(18)29-22)21(26)27-5-2/h7-11,13-14H,4-6,12H2,1-3H3. The van der Waals surface area contributed by atoms with Crippen LogP contribution in [0, 0.1) is 0 Å². The van der Waals surface area contributed by atoms with E-state index in [1.165, 1.54) is 11.3 Å². The van der Waals surface area contributed by atoms with E-state index in [1.54, 1.807) is 37.3 Å². The molecule has 29 heavy (non-hydrogen) atoms. The number of aromatic nitrogens is 1. The molecule has 0 atom stereocenters. The highest BCUT2D eigenvalue weighted by Gasteiger charge is 2.12. The number of hydrogen-bond acceptors (Lipinski definition) is 5. The molecule has 0 radical (unpaired) electrons. The number of carbonyl (C=O) groups excluding carboxylic acids is 2. The summed E-state index contributed by atoms with van der Waals surface area (Å²) in [5.74, 6) is -0.0297. The van der Waals surface area contributed by atoms with Crippen LogP contribution in [0.25, 0.3) is 10.2 Å². The molecule has 0 fully saturated rings. The van der Waals surface area contributed by atoms with Gasteiger partial charge >= 0.3 is 5.97 Å². The minimum atomic E-state index is -0.361. The van der Waals surface area contributed by atoms with Gasteiger partial charge in [-0.1, -0.05) is 30.7 Å². The van der Waals surface area contributed by atoms with Gasteiger partial charge in [-0.15, -0.1) is 0 Å². The normalized spacial score (nSPS) is 11.6. The molecular formula is C22H24N2O4S. The third-order valence-corrected chi connectivity index (χ3v) is 5.46. The predicted octanol–water partition coefficient (Wildman–Crippen LogP) is 4.34. The maximum absolute atomic E-state index is 12.7. The lowest BCUT2D eigenvalue weighted by Gasteiger charge is -2.05. The van der Waals surface area contributed by atoms with Crippen molar-refractivity contribution < 1.29 is 19.1 Å². The van der Waals surface area contributed by atoms with Crippen LogP contribution in [-0.4, -0.2) is 29.7 Å². The van der Waals surface area contributed by atoms with Crippen LogP contribution in [0.4, 0.5) is 0 Å². The molecule has 1 amide bonds. The molecule has 1 aromatic heterocycles. The van der Waals surface area contributed by atoms with E-state index in [1.807, 2.05) is 23.7 Å². The van der Waals surface area contributed by atoms with E-state index >= 15 is 0 Å². The number of fused-ring (bicyclic) bond motifs is 1. The third kappa shape index (κ3) is 4.92. The van der Waals surface area contributed by atoms with Crippen LogP contribution in [0.1, 0.15) is 47.4 Å². The topological polar surface area (TPSA) is 69.9 Å². The van der Waals surface area contributed by atoms with Crippen molar-refractivity contribution in [2.45, 2.75) is 26.7 Å². The van der Waals surface area contributed by atoms with Crippen molar-refractivity contribution >= 4 is 33.4 Å². The van der Waals surface area contributed by atoms with Gasteiger partial charge in [0.05, 0.1) is 29.0 Å². The number of aryl methyl sites for hydroxylation is 1. The first-order valence-electron chi connectivity index (χ1n) is 9.62. The van der Waals surface area contributed by atoms with Crippen molar-refractivity contribution in [3.05, 3.63) is 58.4 Å². The van der Waals surface area contributed by atoms with Crippen molar-refractivity contribution in [2.75, 3.05) is 13.2 Å². The van der Waals surface area contributed by atoms with Crippen LogP contribution in [0.15, 0.2) is 47.5 Å². The van der Waals surface area contributed by atoms with Gasteiger partial charge in [-0.25, -0.2) is 4.79 Å². The zero-order valence-electron chi connectivity index (χ0n) is 16.8. The summed E-state index contributed by atoms with van der Waals surface area (Å²) in [6, 6.07) is 12.4. The monoisotopic (exact) mass is 412 g/mol. The number of esters is 1. The maximum atomic E-state index is 12.7. The van der Waals surface area contributed by atoms with Gasteiger partial charge in [-0.2, -0.15) is 4.99 Å². The van der Waals surface area contributed by atoms with Crippen molar-refractivity contribution in [3.63, 3.8) is 0 Å². The van der Waals surface area contributed by atoms with Crippen LogP contribution < -0.4 is 9.54 Å². The van der Waals surface area contributed by atoms with Crippen molar-refractivity contribution in [1.82, 2.24) is 4.57 Å². The van der Waals surface area contributed by atoms with E-state index in [2.05, 4.69) is 11.9 Å². The molecule has 0 saturated carbocycles. The lowest BCUT2D eigenvalue weighted by Crippen LogP contribution is -2.13. The van der Waals surface area contributed by atoms with E-state index in [4.69, 9.17) is 9.47 Å². The molecule has 7 heteroatoms. The lowest BCUT2D eigenvalue weighted by molar-refractivity contribution is 0.0526. The first kappa shape index (κ1) is 20.8. The largest absolute Gasteiger partial charge is 0.494 e. The molecule has 2 aromatic carbocycles. The first-order valence-corrected chi connectivity index (χ1v) is 10.4. The summed E-state index contributed by atoms with van der Waals surface area (Å²) in [6.07, 6.45) is 2.02. The fourth-order valence-corrected chi connectivity index (χ4v) is 3.84. The Morgan fingerprint density at radius 1 is 1.10 bits per heavy atom. The molecule has 3 aromatic rings. The van der Waals surface area contributed by atoms with E-state index in [0.717, 1.165) is 23.1 Å². The molecule has 6 nitrogen and oxygen atoms in total. The maximum Gasteiger partial charge on any atom is 0.338 e. The Balaban J connectivity index is 1.89. The van der Waals surface area contributed by atoms with Gasteiger partial charge in [-0.05, 0) is 49.7 Å². The van der Waals surface area contributed by atoms with Gasteiger partial charge in [0.25, 0.3) is 5.91 Å². The Hall–Kier alpha value is -2.93. The number of amides is 1. The van der Waals surface area contributed by atoms with Gasteiger partial charge in [0.1, 0.15) is 5.75 Å². The Labute approximate surface area is 173 Å². The molecule has 152 valence electrons. The van der Waals surface area contributed by atoms with Gasteiger partial charge < -0.3 is 14.0 Å². The summed E-state index contributed by atoms with van der Waals surface area (Å²) >= 11 is 1.35. The minimum Gasteiger partial charge on any atom is -0.494 e. The number of thiazole rings is 1. The van der Waals surface area contributed by atoms with E-state index in [0.29, 0.717) is 34.9 Å². The Morgan fingerprint density at radius 3 is 2.69 bits per heavy atom. The number of ether oxygens (including phenoxy) is 2. The smallest absolute Gasteiger partial charge is 0.338 e. The summed E-state index contributed by atoms with van der Waals surface area (Å²) in [7, 11) is 1.85. The van der Waals surface area contributed by atoms with Gasteiger partial charge in [0.2, 0.25) is 0 Å². The van der Waals surface area contributed by atoms with Crippen molar-refractivity contribution in [3.8, 4) is 5.75 Å². The van der Waals surface area contributed by atoms with E-state index < -0.39 is 0 Å². The van der Waals surface area contributed by atoms with Gasteiger partial charge in [0.15, 0.2) is 4.80 Å². The molecule has 0 N–H and O–H groups in total. The number of carbonyl (C=O) groups is 2. The third-order valence-electron chi connectivity index (χ3n) is 4.37. The number of hydrogen-bond donors (Lipinski definition) is 0. The van der Waals surface area contributed by atoms with Crippen LogP contribution in [0.2, 0.25) is 0 Å². The zero-order valence-corrected chi connectivity index (χ0v) is 17.6. The second kappa shape index (κ2) is 9.52. The molecule has 0 saturated heterocycles. The molecule has 0 spiro atoms. The number of benzene rings is 2. The molecule has 0 unspecified atom stereocenters. The van der Waals surface area contributed by atoms with Gasteiger partial charge in [0, 0.05) is 12.6 Å². The summed E-state index contributed by atoms with van der Waals surface area (Å²) in [5.41, 5.74) is 1.85. The average Bonchev–Trinajstić information content (AvgIpc) is 3.03. The number of rotatable bonds is 7. The summed E-state index contributed by atoms with van der Waals surface area (Å²) < 4.78 is 13.4. The second-order valence-electron chi connectivity index (χ2n) is 6.49. The highest BCUT2D eigenvalue weighted by atomic mass is 32.1. The minimum absolute atomic E-state index is 0.325. The fraction of sp³-hybridized carbons (Fsp3) is 0.318. The predicted molar refractivity (Wildman–Crippen MR) is 113 cm³/mol. The number of nitrogens with zero attached hydrogens (tertiary/aromatic N) is 2. The Morgan fingerprint density at radius 2 is 1.93 bits per heavy atom. The van der Waals surface area contributed by atoms with E-state index in [-0.39, 0.29) is 11.9 Å². The summed E-state index contributed by atoms with van der Waals surface area (Å²) in [4.78, 5) is 29.5. The molecule has 3 rings (SSSR count). The van der Waals surface area contributed by atoms with Crippen molar-refractivity contribution in [2.24, 2.45) is 12.0 Å². The summed E-state index contributed by atoms with van der Waals surface area (Å²) in [5, 5.41) is 0. The highest BCUT2D eigenvalue weighted by Crippen LogP contribution is 2.20.